The molecule has 2 fully saturated rings. The number of carbonyl (C=O) groups is 2. The Labute approximate surface area is 172 Å². The van der Waals surface area contributed by atoms with E-state index in [1.807, 2.05) is 11.5 Å². The van der Waals surface area contributed by atoms with Gasteiger partial charge in [-0.25, -0.2) is 9.37 Å². The van der Waals surface area contributed by atoms with E-state index in [0.717, 1.165) is 37.8 Å². The standard InChI is InChI=1S/C22H30N5O2/c1-4-27-18(23-20-19(27)21(28)25(3)22(29)24(20)2)15-26-12-10-17(11-13-26)14-16-8-6-5-7-9-16/h5-9,17,19H,4,10-15H2,1-3H3/q+1. The van der Waals surface area contributed by atoms with Crippen molar-refractivity contribution in [3.63, 3.8) is 0 Å². The zero-order valence-corrected chi connectivity index (χ0v) is 17.5. The zero-order valence-electron chi connectivity index (χ0n) is 17.5. The first-order valence-corrected chi connectivity index (χ1v) is 10.5. The number of piperidine rings is 1. The lowest BCUT2D eigenvalue weighted by atomic mass is 9.90. The van der Waals surface area contributed by atoms with E-state index in [4.69, 9.17) is 4.99 Å². The van der Waals surface area contributed by atoms with Crippen molar-refractivity contribution in [2.75, 3.05) is 40.3 Å². The van der Waals surface area contributed by atoms with E-state index >= 15 is 0 Å². The molecule has 7 heteroatoms. The van der Waals surface area contributed by atoms with Crippen molar-refractivity contribution >= 4 is 23.6 Å². The summed E-state index contributed by atoms with van der Waals surface area (Å²) in [5.41, 5.74) is 1.42. The van der Waals surface area contributed by atoms with E-state index in [-0.39, 0.29) is 11.9 Å². The molecule has 154 valence electrons. The molecule has 3 aliphatic heterocycles. The van der Waals surface area contributed by atoms with Crippen LogP contribution in [0.2, 0.25) is 0 Å². The van der Waals surface area contributed by atoms with Crippen LogP contribution in [0.25, 0.3) is 0 Å². The van der Waals surface area contributed by atoms with Crippen LogP contribution in [0.3, 0.4) is 0 Å². The number of urea groups is 1. The lowest BCUT2D eigenvalue weighted by molar-refractivity contribution is -0.532. The Kier molecular flexibility index (Phi) is 5.50. The van der Waals surface area contributed by atoms with Crippen LogP contribution in [0.5, 0.6) is 0 Å². The number of hydrogen-bond acceptors (Lipinski definition) is 4. The molecule has 3 heterocycles. The number of imide groups is 1. The fourth-order valence-electron chi connectivity index (χ4n) is 4.64. The Morgan fingerprint density at radius 2 is 1.76 bits per heavy atom. The summed E-state index contributed by atoms with van der Waals surface area (Å²) < 4.78 is 2.05. The average molecular weight is 397 g/mol. The highest BCUT2D eigenvalue weighted by Gasteiger charge is 2.52. The summed E-state index contributed by atoms with van der Waals surface area (Å²) in [6.45, 7) is 5.53. The van der Waals surface area contributed by atoms with Gasteiger partial charge in [-0.3, -0.25) is 19.5 Å². The fraction of sp³-hybridized carbons (Fsp3) is 0.545. The summed E-state index contributed by atoms with van der Waals surface area (Å²) in [5, 5.41) is 0. The first-order chi connectivity index (χ1) is 14.0. The van der Waals surface area contributed by atoms with Crippen LogP contribution in [0.4, 0.5) is 4.79 Å². The second kappa shape index (κ2) is 8.06. The molecule has 3 amide bonds. The molecule has 29 heavy (non-hydrogen) atoms. The van der Waals surface area contributed by atoms with Gasteiger partial charge in [0.05, 0.1) is 6.54 Å². The Balaban J connectivity index is 1.42. The van der Waals surface area contributed by atoms with E-state index < -0.39 is 6.04 Å². The van der Waals surface area contributed by atoms with E-state index in [2.05, 4.69) is 35.2 Å². The number of aliphatic imine (C=N–C) groups is 1. The predicted octanol–water partition coefficient (Wildman–Crippen LogP) is 1.68. The summed E-state index contributed by atoms with van der Waals surface area (Å²) in [5.74, 6) is 1.99. The summed E-state index contributed by atoms with van der Waals surface area (Å²) in [6, 6.07) is 9.92. The van der Waals surface area contributed by atoms with E-state index in [9.17, 15) is 9.59 Å². The van der Waals surface area contributed by atoms with Gasteiger partial charge in [-0.15, -0.1) is 0 Å². The maximum absolute atomic E-state index is 12.7. The van der Waals surface area contributed by atoms with Crippen LogP contribution >= 0.6 is 0 Å². The Morgan fingerprint density at radius 3 is 2.41 bits per heavy atom. The van der Waals surface area contributed by atoms with Crippen LogP contribution in [-0.4, -0.2) is 89.2 Å². The molecule has 2 saturated heterocycles. The van der Waals surface area contributed by atoms with Gasteiger partial charge in [-0.1, -0.05) is 30.3 Å². The number of benzene rings is 1. The smallest absolute Gasteiger partial charge is 0.292 e. The Hall–Kier alpha value is -2.54. The van der Waals surface area contributed by atoms with Gasteiger partial charge >= 0.3 is 11.9 Å². The van der Waals surface area contributed by atoms with Crippen molar-refractivity contribution in [2.45, 2.75) is 32.2 Å². The summed E-state index contributed by atoms with van der Waals surface area (Å²) in [4.78, 5) is 34.9. The summed E-state index contributed by atoms with van der Waals surface area (Å²) in [7, 11) is 3.24. The quantitative estimate of drug-likeness (QED) is 0.712. The molecule has 0 aliphatic carbocycles. The van der Waals surface area contributed by atoms with Gasteiger partial charge in [0, 0.05) is 14.1 Å². The highest BCUT2D eigenvalue weighted by molar-refractivity contribution is 6.23. The molecule has 1 atom stereocenters. The minimum atomic E-state index is -0.474. The van der Waals surface area contributed by atoms with Crippen LogP contribution in [0.1, 0.15) is 25.3 Å². The topological polar surface area (TPSA) is 59.2 Å². The van der Waals surface area contributed by atoms with Gasteiger partial charge in [0.15, 0.2) is 0 Å². The van der Waals surface area contributed by atoms with Crippen molar-refractivity contribution in [1.29, 1.82) is 0 Å². The molecule has 0 N–H and O–H groups in total. The molecule has 0 radical (unpaired) electrons. The molecule has 1 aromatic carbocycles. The summed E-state index contributed by atoms with van der Waals surface area (Å²) >= 11 is 0. The first-order valence-electron chi connectivity index (χ1n) is 10.5. The van der Waals surface area contributed by atoms with Gasteiger partial charge in [0.1, 0.15) is 6.54 Å². The third kappa shape index (κ3) is 3.71. The molecular weight excluding hydrogens is 366 g/mol. The molecule has 3 aliphatic rings. The van der Waals surface area contributed by atoms with Gasteiger partial charge in [-0.2, -0.15) is 0 Å². The van der Waals surface area contributed by atoms with Crippen LogP contribution in [0, 0.1) is 5.92 Å². The van der Waals surface area contributed by atoms with Crippen molar-refractivity contribution in [3.8, 4) is 0 Å². The first kappa shape index (κ1) is 19.8. The molecule has 0 spiro atoms. The number of nitrogens with zero attached hydrogens (tertiary/aromatic N) is 5. The molecule has 0 saturated carbocycles. The lowest BCUT2D eigenvalue weighted by Gasteiger charge is -2.31. The average Bonchev–Trinajstić information content (AvgIpc) is 3.11. The van der Waals surface area contributed by atoms with Crippen LogP contribution < -0.4 is 0 Å². The maximum Gasteiger partial charge on any atom is 0.333 e. The SMILES string of the molecule is CC[N+]1=C(CN2CCC(Cc3ccccc3)CC2)N=C2C1C(=O)N(C)C(=O)N2C. The monoisotopic (exact) mass is 396 g/mol. The molecule has 7 nitrogen and oxygen atoms in total. The van der Waals surface area contributed by atoms with Crippen LogP contribution in [0.15, 0.2) is 35.3 Å². The zero-order chi connectivity index (χ0) is 20.5. The van der Waals surface area contributed by atoms with Crippen molar-refractivity contribution < 1.29 is 14.2 Å². The third-order valence-electron chi connectivity index (χ3n) is 6.39. The Bertz CT molecular complexity index is 855. The molecule has 1 aromatic rings. The summed E-state index contributed by atoms with van der Waals surface area (Å²) in [6.07, 6.45) is 3.49. The number of amidine groups is 2. The van der Waals surface area contributed by atoms with Crippen LogP contribution in [-0.2, 0) is 11.2 Å². The fourth-order valence-corrected chi connectivity index (χ4v) is 4.64. The number of hydrogen-bond donors (Lipinski definition) is 0. The highest BCUT2D eigenvalue weighted by atomic mass is 16.2. The maximum atomic E-state index is 12.7. The predicted molar refractivity (Wildman–Crippen MR) is 112 cm³/mol. The third-order valence-corrected chi connectivity index (χ3v) is 6.39. The molecule has 4 rings (SSSR count). The Morgan fingerprint density at radius 1 is 1.07 bits per heavy atom. The van der Waals surface area contributed by atoms with Crippen molar-refractivity contribution in [2.24, 2.45) is 10.9 Å². The van der Waals surface area contributed by atoms with E-state index in [1.54, 1.807) is 14.1 Å². The minimum Gasteiger partial charge on any atom is -0.292 e. The van der Waals surface area contributed by atoms with Crippen molar-refractivity contribution in [3.05, 3.63) is 35.9 Å². The van der Waals surface area contributed by atoms with Crippen molar-refractivity contribution in [1.82, 2.24) is 14.7 Å². The normalized spacial score (nSPS) is 23.7. The van der Waals surface area contributed by atoms with Gasteiger partial charge in [0.25, 0.3) is 17.8 Å². The van der Waals surface area contributed by atoms with Gasteiger partial charge in [0.2, 0.25) is 0 Å². The second-order valence-electron chi connectivity index (χ2n) is 8.22. The number of amides is 3. The number of rotatable bonds is 5. The van der Waals surface area contributed by atoms with E-state index in [0.29, 0.717) is 12.4 Å². The lowest BCUT2D eigenvalue weighted by Crippen LogP contribution is -2.61. The largest absolute Gasteiger partial charge is 0.333 e. The molecule has 0 bridgehead atoms. The number of carbonyl (C=O) groups excluding carboxylic acids is 2. The number of likely N-dealkylation sites (tertiary alicyclic amines) is 1. The molecule has 1 unspecified atom stereocenters. The molecular formula is C22H30N5O2+. The number of fused-ring (bicyclic) bond motifs is 1. The van der Waals surface area contributed by atoms with E-state index in [1.165, 1.54) is 28.2 Å². The number of likely N-dealkylation sites (N-methyl/N-ethyl adjacent to an activating group) is 3. The highest BCUT2D eigenvalue weighted by Crippen LogP contribution is 2.23. The minimum absolute atomic E-state index is 0.190. The van der Waals surface area contributed by atoms with Gasteiger partial charge in [-0.05, 0) is 55.7 Å². The second-order valence-corrected chi connectivity index (χ2v) is 8.22. The molecule has 0 aromatic heterocycles. The van der Waals surface area contributed by atoms with Gasteiger partial charge < -0.3 is 0 Å².